The molecule has 0 saturated heterocycles. The number of hydrogen-bond acceptors (Lipinski definition) is 7. The second-order valence-corrected chi connectivity index (χ2v) is 6.47. The fourth-order valence-corrected chi connectivity index (χ4v) is 2.93. The number of halogens is 1. The van der Waals surface area contributed by atoms with Gasteiger partial charge in [0, 0.05) is 3.57 Å². The van der Waals surface area contributed by atoms with E-state index in [2.05, 4.69) is 5.32 Å². The molecule has 0 atom stereocenters. The molecule has 0 aromatic heterocycles. The highest BCUT2D eigenvalue weighted by molar-refractivity contribution is 14.1. The fraction of sp³-hybridized carbons (Fsp3) is 0.100. The van der Waals surface area contributed by atoms with Crippen LogP contribution in [0.25, 0.3) is 0 Å². The summed E-state index contributed by atoms with van der Waals surface area (Å²) in [6, 6.07) is 17.6. The Morgan fingerprint density at radius 2 is 1.79 bits per heavy atom. The predicted octanol–water partition coefficient (Wildman–Crippen LogP) is 3.89. The van der Waals surface area contributed by atoms with Gasteiger partial charge in [-0.05, 0) is 40.3 Å². The first-order chi connectivity index (χ1) is 13.5. The minimum absolute atomic E-state index is 0.210. The molecule has 2 aromatic carbocycles. The number of nitrogens with one attached hydrogen (secondary N) is 1. The molecular weight excluding hydrogens is 471 g/mol. The lowest BCUT2D eigenvalue weighted by molar-refractivity contribution is 0.0600. The zero-order valence-corrected chi connectivity index (χ0v) is 16.9. The fourth-order valence-electron chi connectivity index (χ4n) is 2.20. The summed E-state index contributed by atoms with van der Waals surface area (Å²) >= 11 is 1.96. The average Bonchev–Trinajstić information content (AvgIpc) is 2.73. The van der Waals surface area contributed by atoms with E-state index in [1.165, 1.54) is 13.2 Å². The zero-order chi connectivity index (χ0) is 20.5. The van der Waals surface area contributed by atoms with Crippen molar-refractivity contribution >= 4 is 34.2 Å². The molecule has 0 amide bonds. The maximum Gasteiger partial charge on any atom is 0.338 e. The molecule has 138 valence electrons. The molecular formula is C20H13IN4O3. The quantitative estimate of drug-likeness (QED) is 0.375. The Bertz CT molecular complexity index is 1030. The summed E-state index contributed by atoms with van der Waals surface area (Å²) in [5, 5.41) is 30.1. The summed E-state index contributed by atoms with van der Waals surface area (Å²) in [6.07, 6.45) is 0. The second-order valence-electron chi connectivity index (χ2n) is 5.31. The molecule has 0 bridgehead atoms. The van der Waals surface area contributed by atoms with Crippen LogP contribution in [0.4, 0.5) is 5.69 Å². The third-order valence-corrected chi connectivity index (χ3v) is 4.40. The smallest absolute Gasteiger partial charge is 0.338 e. The summed E-state index contributed by atoms with van der Waals surface area (Å²) in [4.78, 5) is 11.9. The van der Waals surface area contributed by atoms with Crippen molar-refractivity contribution in [3.63, 3.8) is 0 Å². The van der Waals surface area contributed by atoms with Gasteiger partial charge < -0.3 is 14.8 Å². The van der Waals surface area contributed by atoms with Gasteiger partial charge in [-0.25, -0.2) is 4.79 Å². The summed E-state index contributed by atoms with van der Waals surface area (Å²) in [6.45, 7) is 0.213. The van der Waals surface area contributed by atoms with Crippen molar-refractivity contribution in [3.8, 4) is 24.0 Å². The van der Waals surface area contributed by atoms with Gasteiger partial charge in [0.15, 0.2) is 5.57 Å². The highest BCUT2D eigenvalue weighted by Crippen LogP contribution is 2.34. The van der Waals surface area contributed by atoms with Gasteiger partial charge in [-0.3, -0.25) is 0 Å². The zero-order valence-electron chi connectivity index (χ0n) is 14.7. The van der Waals surface area contributed by atoms with Crippen molar-refractivity contribution in [1.29, 1.82) is 15.8 Å². The van der Waals surface area contributed by atoms with Crippen molar-refractivity contribution in [3.05, 3.63) is 68.4 Å². The molecule has 8 heteroatoms. The van der Waals surface area contributed by atoms with Gasteiger partial charge in [0.1, 0.15) is 36.3 Å². The molecule has 0 aliphatic heterocycles. The summed E-state index contributed by atoms with van der Waals surface area (Å²) < 4.78 is 11.2. The van der Waals surface area contributed by atoms with Gasteiger partial charge in [-0.2, -0.15) is 15.8 Å². The van der Waals surface area contributed by atoms with Crippen LogP contribution in [0.5, 0.6) is 5.75 Å². The monoisotopic (exact) mass is 484 g/mol. The number of nitriles is 3. The number of esters is 1. The number of anilines is 1. The molecule has 0 spiro atoms. The first-order valence-electron chi connectivity index (χ1n) is 7.84. The van der Waals surface area contributed by atoms with Crippen LogP contribution in [0.2, 0.25) is 0 Å². The number of nitrogens with zero attached hydrogens (tertiary/aromatic N) is 3. The Morgan fingerprint density at radius 1 is 1.11 bits per heavy atom. The molecule has 0 fully saturated rings. The Kier molecular flexibility index (Phi) is 7.38. The maximum absolute atomic E-state index is 11.9. The Labute approximate surface area is 175 Å². The molecule has 0 aliphatic rings. The summed E-state index contributed by atoms with van der Waals surface area (Å²) in [5.74, 6) is -0.265. The lowest BCUT2D eigenvalue weighted by atomic mass is 10.1. The van der Waals surface area contributed by atoms with Crippen LogP contribution >= 0.6 is 22.6 Å². The third-order valence-electron chi connectivity index (χ3n) is 3.55. The van der Waals surface area contributed by atoms with Crippen molar-refractivity contribution in [1.82, 2.24) is 0 Å². The lowest BCUT2D eigenvalue weighted by Crippen LogP contribution is -2.09. The van der Waals surface area contributed by atoms with Crippen LogP contribution in [0.1, 0.15) is 15.9 Å². The van der Waals surface area contributed by atoms with Crippen LogP contribution in [0.3, 0.4) is 0 Å². The van der Waals surface area contributed by atoms with E-state index in [1.54, 1.807) is 24.3 Å². The van der Waals surface area contributed by atoms with E-state index in [9.17, 15) is 10.1 Å². The van der Waals surface area contributed by atoms with Gasteiger partial charge in [0.05, 0.1) is 18.4 Å². The Hall–Kier alpha value is -3.55. The molecule has 2 rings (SSSR count). The SMILES string of the molecule is COC(=O)c1cc(I)c(NC(C#N)=C(C#N)C#N)c(OCc2ccccc2)c1. The molecule has 28 heavy (non-hydrogen) atoms. The summed E-state index contributed by atoms with van der Waals surface area (Å²) in [7, 11) is 1.27. The number of carbonyl (C=O) groups excluding carboxylic acids is 1. The number of benzene rings is 2. The van der Waals surface area contributed by atoms with Crippen LogP contribution in [-0.2, 0) is 11.3 Å². The number of rotatable bonds is 6. The van der Waals surface area contributed by atoms with E-state index in [-0.39, 0.29) is 29.2 Å². The molecule has 0 radical (unpaired) electrons. The Balaban J connectivity index is 2.49. The van der Waals surface area contributed by atoms with Gasteiger partial charge in [0.2, 0.25) is 0 Å². The molecule has 0 aliphatic carbocycles. The van der Waals surface area contributed by atoms with E-state index >= 15 is 0 Å². The number of ether oxygens (including phenoxy) is 2. The number of hydrogen-bond donors (Lipinski definition) is 1. The van der Waals surface area contributed by atoms with Gasteiger partial charge >= 0.3 is 5.97 Å². The third kappa shape index (κ3) is 5.00. The highest BCUT2D eigenvalue weighted by Gasteiger charge is 2.18. The summed E-state index contributed by atoms with van der Waals surface area (Å²) in [5.41, 5.74) is 0.966. The number of allylic oxidation sites excluding steroid dienone is 2. The predicted molar refractivity (Wildman–Crippen MR) is 109 cm³/mol. The van der Waals surface area contributed by atoms with Crippen LogP contribution in [0.15, 0.2) is 53.7 Å². The van der Waals surface area contributed by atoms with E-state index in [0.717, 1.165) is 5.56 Å². The molecule has 7 nitrogen and oxygen atoms in total. The first-order valence-corrected chi connectivity index (χ1v) is 8.92. The topological polar surface area (TPSA) is 119 Å². The first kappa shape index (κ1) is 20.8. The van der Waals surface area contributed by atoms with Gasteiger partial charge in [-0.1, -0.05) is 30.3 Å². The molecule has 1 N–H and O–H groups in total. The normalized spacial score (nSPS) is 9.25. The molecule has 0 saturated carbocycles. The van der Waals surface area contributed by atoms with Gasteiger partial charge in [0.25, 0.3) is 0 Å². The van der Waals surface area contributed by atoms with Crippen molar-refractivity contribution < 1.29 is 14.3 Å². The lowest BCUT2D eigenvalue weighted by Gasteiger charge is -2.16. The molecule has 0 heterocycles. The maximum atomic E-state index is 11.9. The van der Waals surface area contributed by atoms with Gasteiger partial charge in [-0.15, -0.1) is 0 Å². The minimum atomic E-state index is -0.542. The number of methoxy groups -OCH3 is 1. The van der Waals surface area contributed by atoms with Crippen molar-refractivity contribution in [2.75, 3.05) is 12.4 Å². The largest absolute Gasteiger partial charge is 0.487 e. The molecule has 2 aromatic rings. The average molecular weight is 484 g/mol. The minimum Gasteiger partial charge on any atom is -0.487 e. The number of carbonyl (C=O) groups is 1. The highest BCUT2D eigenvalue weighted by atomic mass is 127. The van der Waals surface area contributed by atoms with E-state index < -0.39 is 5.97 Å². The molecule has 0 unspecified atom stereocenters. The standard InChI is InChI=1S/C20H13IN4O3/c1-27-20(26)14-7-16(21)19(25-17(11-24)15(9-22)10-23)18(8-14)28-12-13-5-3-2-4-6-13/h2-8,25H,12H2,1H3. The van der Waals surface area contributed by atoms with Crippen LogP contribution < -0.4 is 10.1 Å². The van der Waals surface area contributed by atoms with E-state index in [1.807, 2.05) is 52.9 Å². The van der Waals surface area contributed by atoms with E-state index in [0.29, 0.717) is 9.26 Å². The Morgan fingerprint density at radius 3 is 2.36 bits per heavy atom. The van der Waals surface area contributed by atoms with Crippen molar-refractivity contribution in [2.24, 2.45) is 0 Å². The van der Waals surface area contributed by atoms with Crippen LogP contribution in [0, 0.1) is 37.6 Å². The van der Waals surface area contributed by atoms with E-state index in [4.69, 9.17) is 20.0 Å². The second kappa shape index (κ2) is 9.96. The van der Waals surface area contributed by atoms with Crippen molar-refractivity contribution in [2.45, 2.75) is 6.61 Å². The van der Waals surface area contributed by atoms with Crippen LogP contribution in [-0.4, -0.2) is 13.1 Å².